The third kappa shape index (κ3) is 3.04. The summed E-state index contributed by atoms with van der Waals surface area (Å²) in [6, 6.07) is 0. The number of hydrogen-bond acceptors (Lipinski definition) is 5. The molecule has 5 heteroatoms. The molecular weight excluding hydrogens is 236 g/mol. The van der Waals surface area contributed by atoms with Crippen molar-refractivity contribution in [1.82, 2.24) is 4.98 Å². The minimum absolute atomic E-state index is 0.133. The third-order valence-electron chi connectivity index (χ3n) is 3.12. The van der Waals surface area contributed by atoms with Crippen molar-refractivity contribution in [2.45, 2.75) is 27.2 Å². The number of hydrogen-bond donors (Lipinski definition) is 1. The molecule has 0 spiro atoms. The maximum Gasteiger partial charge on any atom is 0.313 e. The molecule has 1 atom stereocenters. The molecule has 0 amide bonds. The first-order chi connectivity index (χ1) is 8.06. The van der Waals surface area contributed by atoms with Crippen LogP contribution >= 0.6 is 11.3 Å². The summed E-state index contributed by atoms with van der Waals surface area (Å²) in [6.45, 7) is 6.50. The Morgan fingerprint density at radius 1 is 1.65 bits per heavy atom. The van der Waals surface area contributed by atoms with Gasteiger partial charge in [-0.1, -0.05) is 13.8 Å². The number of nitrogens with two attached hydrogens (primary N) is 1. The Bertz CT molecular complexity index is 351. The molecule has 1 aromatic heterocycles. The van der Waals surface area contributed by atoms with Gasteiger partial charge in [0.15, 0.2) is 0 Å². The number of ether oxygens (including phenoxy) is 1. The van der Waals surface area contributed by atoms with Crippen LogP contribution in [0.15, 0.2) is 11.7 Å². The van der Waals surface area contributed by atoms with Crippen LogP contribution in [0.4, 0.5) is 0 Å². The number of carbonyl (C=O) groups is 1. The molecule has 1 rings (SSSR count). The fraction of sp³-hybridized carbons (Fsp3) is 0.667. The quantitative estimate of drug-likeness (QED) is 0.789. The van der Waals surface area contributed by atoms with Crippen molar-refractivity contribution in [3.05, 3.63) is 16.6 Å². The van der Waals surface area contributed by atoms with Crippen molar-refractivity contribution < 1.29 is 9.53 Å². The second kappa shape index (κ2) is 6.12. The van der Waals surface area contributed by atoms with Crippen LogP contribution < -0.4 is 5.73 Å². The molecule has 17 heavy (non-hydrogen) atoms. The highest BCUT2D eigenvalue weighted by atomic mass is 32.1. The van der Waals surface area contributed by atoms with Crippen molar-refractivity contribution >= 4 is 17.3 Å². The highest BCUT2D eigenvalue weighted by Gasteiger charge is 2.42. The molecule has 96 valence electrons. The van der Waals surface area contributed by atoms with Gasteiger partial charge in [-0.3, -0.25) is 9.78 Å². The zero-order valence-electron chi connectivity index (χ0n) is 10.6. The van der Waals surface area contributed by atoms with E-state index in [2.05, 4.69) is 4.98 Å². The maximum absolute atomic E-state index is 12.1. The lowest BCUT2D eigenvalue weighted by molar-refractivity contribution is -0.157. The van der Waals surface area contributed by atoms with E-state index in [0.717, 1.165) is 4.88 Å². The summed E-state index contributed by atoms with van der Waals surface area (Å²) >= 11 is 1.54. The number of rotatable bonds is 6. The second-order valence-electron chi connectivity index (χ2n) is 4.38. The van der Waals surface area contributed by atoms with E-state index in [0.29, 0.717) is 19.6 Å². The summed E-state index contributed by atoms with van der Waals surface area (Å²) in [5, 5.41) is 0. The fourth-order valence-corrected chi connectivity index (χ4v) is 2.54. The van der Waals surface area contributed by atoms with Crippen LogP contribution in [0, 0.1) is 11.3 Å². The van der Waals surface area contributed by atoms with Crippen molar-refractivity contribution in [3.8, 4) is 0 Å². The van der Waals surface area contributed by atoms with Crippen LogP contribution in [-0.4, -0.2) is 24.1 Å². The molecule has 0 saturated heterocycles. The van der Waals surface area contributed by atoms with E-state index < -0.39 is 5.41 Å². The molecule has 0 aliphatic carbocycles. The van der Waals surface area contributed by atoms with Gasteiger partial charge in [0.05, 0.1) is 17.5 Å². The van der Waals surface area contributed by atoms with Crippen molar-refractivity contribution in [3.63, 3.8) is 0 Å². The molecule has 0 saturated carbocycles. The van der Waals surface area contributed by atoms with Crippen LogP contribution in [0.3, 0.4) is 0 Å². The summed E-state index contributed by atoms with van der Waals surface area (Å²) in [4.78, 5) is 17.2. The lowest BCUT2D eigenvalue weighted by atomic mass is 9.74. The number of nitrogens with zero attached hydrogens (tertiary/aromatic N) is 1. The van der Waals surface area contributed by atoms with Crippen LogP contribution in [-0.2, 0) is 16.0 Å². The van der Waals surface area contributed by atoms with Gasteiger partial charge in [0.1, 0.15) is 0 Å². The predicted octanol–water partition coefficient (Wildman–Crippen LogP) is 1.85. The molecule has 0 aromatic carbocycles. The first-order valence-electron chi connectivity index (χ1n) is 5.81. The third-order valence-corrected chi connectivity index (χ3v) is 3.90. The van der Waals surface area contributed by atoms with E-state index in [1.807, 2.05) is 20.8 Å². The summed E-state index contributed by atoms with van der Waals surface area (Å²) in [6.07, 6.45) is 2.39. The van der Waals surface area contributed by atoms with E-state index >= 15 is 0 Å². The lowest BCUT2D eigenvalue weighted by Crippen LogP contribution is -2.46. The highest BCUT2D eigenvalue weighted by Crippen LogP contribution is 2.33. The van der Waals surface area contributed by atoms with E-state index in [1.165, 1.54) is 0 Å². The Morgan fingerprint density at radius 3 is 2.76 bits per heavy atom. The van der Waals surface area contributed by atoms with Gasteiger partial charge >= 0.3 is 5.97 Å². The van der Waals surface area contributed by atoms with Crippen molar-refractivity contribution in [2.24, 2.45) is 17.1 Å². The number of aromatic nitrogens is 1. The van der Waals surface area contributed by atoms with E-state index in [9.17, 15) is 4.79 Å². The van der Waals surface area contributed by atoms with Crippen LogP contribution in [0.2, 0.25) is 0 Å². The van der Waals surface area contributed by atoms with Gasteiger partial charge in [-0.25, -0.2) is 0 Å². The van der Waals surface area contributed by atoms with Gasteiger partial charge in [-0.2, -0.15) is 0 Å². The van der Waals surface area contributed by atoms with Gasteiger partial charge in [-0.15, -0.1) is 11.3 Å². The SMILES string of the molecule is CCOC(=O)C(CN)(Cc1cncs1)C(C)C. The summed E-state index contributed by atoms with van der Waals surface area (Å²) in [5.41, 5.74) is 6.97. The van der Waals surface area contributed by atoms with Gasteiger partial charge in [0, 0.05) is 24.0 Å². The molecule has 0 bridgehead atoms. The molecule has 0 fully saturated rings. The molecule has 4 nitrogen and oxygen atoms in total. The Kier molecular flexibility index (Phi) is 5.08. The van der Waals surface area contributed by atoms with Gasteiger partial charge in [-0.05, 0) is 12.8 Å². The molecular formula is C12H20N2O2S. The van der Waals surface area contributed by atoms with Crippen LogP contribution in [0.1, 0.15) is 25.6 Å². The molecule has 1 aromatic rings. The zero-order chi connectivity index (χ0) is 12.9. The number of thiazole rings is 1. The summed E-state index contributed by atoms with van der Waals surface area (Å²) < 4.78 is 5.17. The molecule has 0 radical (unpaired) electrons. The standard InChI is InChI=1S/C12H20N2O2S/c1-4-16-11(15)12(7-13,9(2)3)5-10-6-14-8-17-10/h6,8-9H,4-5,7,13H2,1-3H3. The van der Waals surface area contributed by atoms with E-state index in [1.54, 1.807) is 23.0 Å². The molecule has 0 aliphatic rings. The molecule has 0 aliphatic heterocycles. The second-order valence-corrected chi connectivity index (χ2v) is 5.35. The summed E-state index contributed by atoms with van der Waals surface area (Å²) in [5.74, 6) is -0.0699. The van der Waals surface area contributed by atoms with Crippen molar-refractivity contribution in [2.75, 3.05) is 13.2 Å². The fourth-order valence-electron chi connectivity index (χ4n) is 1.82. The number of carbonyl (C=O) groups excluding carboxylic acids is 1. The normalized spacial score (nSPS) is 14.6. The van der Waals surface area contributed by atoms with Crippen LogP contribution in [0.5, 0.6) is 0 Å². The Hall–Kier alpha value is -0.940. The van der Waals surface area contributed by atoms with E-state index in [-0.39, 0.29) is 11.9 Å². The minimum atomic E-state index is -0.636. The Balaban J connectivity index is 2.96. The first kappa shape index (κ1) is 14.1. The average Bonchev–Trinajstić information content (AvgIpc) is 2.78. The average molecular weight is 256 g/mol. The summed E-state index contributed by atoms with van der Waals surface area (Å²) in [7, 11) is 0. The molecule has 2 N–H and O–H groups in total. The van der Waals surface area contributed by atoms with Gasteiger partial charge < -0.3 is 10.5 Å². The smallest absolute Gasteiger partial charge is 0.313 e. The largest absolute Gasteiger partial charge is 0.466 e. The highest BCUT2D eigenvalue weighted by molar-refractivity contribution is 7.09. The number of esters is 1. The van der Waals surface area contributed by atoms with Crippen LogP contribution in [0.25, 0.3) is 0 Å². The Labute approximate surface area is 106 Å². The minimum Gasteiger partial charge on any atom is -0.466 e. The first-order valence-corrected chi connectivity index (χ1v) is 6.69. The van der Waals surface area contributed by atoms with Gasteiger partial charge in [0.25, 0.3) is 0 Å². The predicted molar refractivity (Wildman–Crippen MR) is 68.8 cm³/mol. The topological polar surface area (TPSA) is 65.2 Å². The van der Waals surface area contributed by atoms with Gasteiger partial charge in [0.2, 0.25) is 0 Å². The molecule has 1 heterocycles. The van der Waals surface area contributed by atoms with Crippen molar-refractivity contribution in [1.29, 1.82) is 0 Å². The lowest BCUT2D eigenvalue weighted by Gasteiger charge is -2.33. The Morgan fingerprint density at radius 2 is 2.35 bits per heavy atom. The molecule has 1 unspecified atom stereocenters. The zero-order valence-corrected chi connectivity index (χ0v) is 11.4. The maximum atomic E-state index is 12.1. The monoisotopic (exact) mass is 256 g/mol. The van der Waals surface area contributed by atoms with E-state index in [4.69, 9.17) is 10.5 Å².